The first-order valence-corrected chi connectivity index (χ1v) is 7.66. The summed E-state index contributed by atoms with van der Waals surface area (Å²) in [5.74, 6) is 1.13. The molecule has 0 radical (unpaired) electrons. The van der Waals surface area contributed by atoms with Gasteiger partial charge in [-0.05, 0) is 45.8 Å². The number of piperidine rings is 1. The van der Waals surface area contributed by atoms with Crippen molar-refractivity contribution in [2.75, 3.05) is 13.1 Å². The molecule has 22 heavy (non-hydrogen) atoms. The van der Waals surface area contributed by atoms with Crippen molar-refractivity contribution in [3.05, 3.63) is 35.6 Å². The van der Waals surface area contributed by atoms with Gasteiger partial charge in [-0.1, -0.05) is 18.2 Å². The van der Waals surface area contributed by atoms with E-state index < -0.39 is 0 Å². The second-order valence-electron chi connectivity index (χ2n) is 5.84. The van der Waals surface area contributed by atoms with Crippen molar-refractivity contribution in [2.24, 2.45) is 5.92 Å². The van der Waals surface area contributed by atoms with E-state index in [0.717, 1.165) is 48.2 Å². The van der Waals surface area contributed by atoms with Crippen LogP contribution in [0.2, 0.25) is 0 Å². The number of fused-ring (bicyclic) bond motifs is 1. The molecule has 1 unspecified atom stereocenters. The molecule has 0 aliphatic carbocycles. The van der Waals surface area contributed by atoms with Gasteiger partial charge in [-0.25, -0.2) is 0 Å². The van der Waals surface area contributed by atoms with Gasteiger partial charge in [0, 0.05) is 16.9 Å². The molecule has 1 aliphatic rings. The number of amides is 1. The highest BCUT2D eigenvalue weighted by molar-refractivity contribution is 5.85. The van der Waals surface area contributed by atoms with E-state index in [0.29, 0.717) is 0 Å². The maximum Gasteiger partial charge on any atom is 0.223 e. The zero-order valence-electron chi connectivity index (χ0n) is 13.0. The van der Waals surface area contributed by atoms with Crippen LogP contribution in [0.25, 0.3) is 11.0 Å². The van der Waals surface area contributed by atoms with Crippen LogP contribution in [0.4, 0.5) is 0 Å². The Morgan fingerprint density at radius 1 is 1.32 bits per heavy atom. The maximum atomic E-state index is 12.3. The number of benzene rings is 1. The zero-order valence-corrected chi connectivity index (χ0v) is 13.8. The van der Waals surface area contributed by atoms with Crippen molar-refractivity contribution in [1.29, 1.82) is 0 Å². The van der Waals surface area contributed by atoms with Gasteiger partial charge in [-0.2, -0.15) is 0 Å². The van der Waals surface area contributed by atoms with Crippen molar-refractivity contribution >= 4 is 29.3 Å². The Morgan fingerprint density at radius 3 is 2.68 bits per heavy atom. The molecule has 1 amide bonds. The Kier molecular flexibility index (Phi) is 5.48. The van der Waals surface area contributed by atoms with Crippen LogP contribution in [-0.4, -0.2) is 19.0 Å². The Labute approximate surface area is 137 Å². The van der Waals surface area contributed by atoms with Gasteiger partial charge < -0.3 is 15.1 Å². The van der Waals surface area contributed by atoms with E-state index in [-0.39, 0.29) is 30.3 Å². The monoisotopic (exact) mass is 322 g/mol. The highest BCUT2D eigenvalue weighted by Gasteiger charge is 2.24. The fraction of sp³-hybridized carbons (Fsp3) is 0.471. The first-order valence-electron chi connectivity index (χ1n) is 7.66. The molecule has 1 fully saturated rings. The third kappa shape index (κ3) is 3.28. The van der Waals surface area contributed by atoms with Crippen LogP contribution in [0.3, 0.4) is 0 Å². The van der Waals surface area contributed by atoms with Gasteiger partial charge in [-0.3, -0.25) is 4.79 Å². The van der Waals surface area contributed by atoms with Crippen LogP contribution >= 0.6 is 12.4 Å². The van der Waals surface area contributed by atoms with Crippen LogP contribution in [0, 0.1) is 12.8 Å². The van der Waals surface area contributed by atoms with Crippen LogP contribution in [0.5, 0.6) is 0 Å². The van der Waals surface area contributed by atoms with Crippen LogP contribution < -0.4 is 10.6 Å². The molecular formula is C17H23ClN2O2. The molecule has 2 heterocycles. The average molecular weight is 323 g/mol. The summed E-state index contributed by atoms with van der Waals surface area (Å²) in [6.45, 7) is 5.89. The van der Waals surface area contributed by atoms with Crippen molar-refractivity contribution in [3.63, 3.8) is 0 Å². The minimum atomic E-state index is -0.0974. The Morgan fingerprint density at radius 2 is 2.00 bits per heavy atom. The molecule has 1 aromatic carbocycles. The van der Waals surface area contributed by atoms with Crippen molar-refractivity contribution in [3.8, 4) is 0 Å². The first-order chi connectivity index (χ1) is 10.2. The van der Waals surface area contributed by atoms with Crippen molar-refractivity contribution in [2.45, 2.75) is 32.7 Å². The van der Waals surface area contributed by atoms with E-state index >= 15 is 0 Å². The van der Waals surface area contributed by atoms with Gasteiger partial charge in [0.15, 0.2) is 0 Å². The van der Waals surface area contributed by atoms with Gasteiger partial charge in [-0.15, -0.1) is 12.4 Å². The lowest BCUT2D eigenvalue weighted by molar-refractivity contribution is -0.126. The number of furan rings is 1. The average Bonchev–Trinajstić information content (AvgIpc) is 2.86. The molecule has 120 valence electrons. The number of hydrogen-bond donors (Lipinski definition) is 2. The molecule has 2 N–H and O–H groups in total. The van der Waals surface area contributed by atoms with Gasteiger partial charge in [0.2, 0.25) is 5.91 Å². The summed E-state index contributed by atoms with van der Waals surface area (Å²) >= 11 is 0. The minimum absolute atomic E-state index is 0. The molecule has 4 nitrogen and oxygen atoms in total. The second-order valence-corrected chi connectivity index (χ2v) is 5.84. The van der Waals surface area contributed by atoms with E-state index in [4.69, 9.17) is 4.42 Å². The lowest BCUT2D eigenvalue weighted by Crippen LogP contribution is -2.39. The molecule has 1 aliphatic heterocycles. The number of carbonyl (C=O) groups is 1. The number of para-hydroxylation sites is 1. The summed E-state index contributed by atoms with van der Waals surface area (Å²) in [4.78, 5) is 12.3. The standard InChI is InChI=1S/C17H22N2O2.ClH/c1-11-14-5-3-4-6-15(14)21-16(11)12(2)19-17(20)13-7-9-18-10-8-13;/h3-6,12-13,18H,7-10H2,1-2H3,(H,19,20);1H. The highest BCUT2D eigenvalue weighted by atomic mass is 35.5. The van der Waals surface area contributed by atoms with Gasteiger partial charge in [0.1, 0.15) is 11.3 Å². The lowest BCUT2D eigenvalue weighted by atomic mass is 9.96. The fourth-order valence-electron chi connectivity index (χ4n) is 3.09. The molecule has 1 aromatic heterocycles. The number of halogens is 1. The molecule has 0 bridgehead atoms. The summed E-state index contributed by atoms with van der Waals surface area (Å²) < 4.78 is 5.92. The summed E-state index contributed by atoms with van der Waals surface area (Å²) in [5.41, 5.74) is 2.00. The summed E-state index contributed by atoms with van der Waals surface area (Å²) in [5, 5.41) is 7.51. The largest absolute Gasteiger partial charge is 0.459 e. The Balaban J connectivity index is 0.00000176. The topological polar surface area (TPSA) is 54.3 Å². The third-order valence-electron chi connectivity index (χ3n) is 4.34. The molecule has 0 saturated carbocycles. The number of nitrogens with one attached hydrogen (secondary N) is 2. The fourth-order valence-corrected chi connectivity index (χ4v) is 3.09. The summed E-state index contributed by atoms with van der Waals surface area (Å²) in [7, 11) is 0. The quantitative estimate of drug-likeness (QED) is 0.911. The second kappa shape index (κ2) is 7.16. The van der Waals surface area contributed by atoms with Gasteiger partial charge in [0.25, 0.3) is 0 Å². The summed E-state index contributed by atoms with van der Waals surface area (Å²) in [6.07, 6.45) is 1.83. The molecule has 0 spiro atoms. The van der Waals surface area contributed by atoms with E-state index in [1.807, 2.05) is 32.0 Å². The molecular weight excluding hydrogens is 300 g/mol. The maximum absolute atomic E-state index is 12.3. The van der Waals surface area contributed by atoms with E-state index in [1.165, 1.54) is 0 Å². The molecule has 2 aromatic rings. The predicted molar refractivity (Wildman–Crippen MR) is 90.4 cm³/mol. The minimum Gasteiger partial charge on any atom is -0.459 e. The first kappa shape index (κ1) is 16.8. The SMILES string of the molecule is Cc1c(C(C)NC(=O)C2CCNCC2)oc2ccccc12.Cl. The van der Waals surface area contributed by atoms with E-state index in [2.05, 4.69) is 16.7 Å². The molecule has 5 heteroatoms. The Bertz CT molecular complexity index is 647. The third-order valence-corrected chi connectivity index (χ3v) is 4.34. The lowest BCUT2D eigenvalue weighted by Gasteiger charge is -2.23. The highest BCUT2D eigenvalue weighted by Crippen LogP contribution is 2.29. The van der Waals surface area contributed by atoms with Crippen LogP contribution in [0.15, 0.2) is 28.7 Å². The number of hydrogen-bond acceptors (Lipinski definition) is 3. The predicted octanol–water partition coefficient (Wildman–Crippen LogP) is 3.34. The normalized spacial score (nSPS) is 17.0. The molecule has 3 rings (SSSR count). The smallest absolute Gasteiger partial charge is 0.223 e. The van der Waals surface area contributed by atoms with Crippen LogP contribution in [-0.2, 0) is 4.79 Å². The van der Waals surface area contributed by atoms with E-state index in [9.17, 15) is 4.79 Å². The zero-order chi connectivity index (χ0) is 14.8. The summed E-state index contributed by atoms with van der Waals surface area (Å²) in [6, 6.07) is 7.90. The van der Waals surface area contributed by atoms with E-state index in [1.54, 1.807) is 0 Å². The van der Waals surface area contributed by atoms with Crippen LogP contribution in [0.1, 0.15) is 37.1 Å². The molecule has 1 saturated heterocycles. The van der Waals surface area contributed by atoms with Gasteiger partial charge in [0.05, 0.1) is 6.04 Å². The van der Waals surface area contributed by atoms with Gasteiger partial charge >= 0.3 is 0 Å². The number of aryl methyl sites for hydroxylation is 1. The molecule has 1 atom stereocenters. The number of carbonyl (C=O) groups excluding carboxylic acids is 1. The number of rotatable bonds is 3. The Hall–Kier alpha value is -1.52. The van der Waals surface area contributed by atoms with Crippen molar-refractivity contribution in [1.82, 2.24) is 10.6 Å². The van der Waals surface area contributed by atoms with Crippen molar-refractivity contribution < 1.29 is 9.21 Å².